The van der Waals surface area contributed by atoms with Gasteiger partial charge in [0.1, 0.15) is 5.76 Å². The molecule has 1 aromatic carbocycles. The number of hydrogen-bond donors (Lipinski definition) is 1. The van der Waals surface area contributed by atoms with Gasteiger partial charge in [-0.05, 0) is 49.6 Å². The van der Waals surface area contributed by atoms with Gasteiger partial charge in [-0.3, -0.25) is 0 Å². The molecule has 1 heterocycles. The molecule has 0 atom stereocenters. The summed E-state index contributed by atoms with van der Waals surface area (Å²) in [5.74, 6) is -0.560. The van der Waals surface area contributed by atoms with Gasteiger partial charge in [0, 0.05) is 6.04 Å². The topological polar surface area (TPSA) is 87.8 Å². The molecule has 0 aliphatic heterocycles. The van der Waals surface area contributed by atoms with E-state index in [0.29, 0.717) is 5.76 Å². The maximum atomic E-state index is 13.3. The molecule has 0 saturated heterocycles. The quantitative estimate of drug-likeness (QED) is 0.849. The second kappa shape index (κ2) is 7.01. The average Bonchev–Trinajstić information content (AvgIpc) is 3.25. The van der Waals surface area contributed by atoms with Crippen LogP contribution in [0, 0.1) is 6.92 Å². The van der Waals surface area contributed by atoms with Crippen LogP contribution in [0.25, 0.3) is 0 Å². The maximum absolute atomic E-state index is 13.3. The number of furan rings is 1. The largest absolute Gasteiger partial charge is 0.478 e. The van der Waals surface area contributed by atoms with E-state index in [2.05, 4.69) is 0 Å². The number of aromatic carboxylic acids is 1. The zero-order chi connectivity index (χ0) is 18.0. The molecule has 6 nitrogen and oxygen atoms in total. The van der Waals surface area contributed by atoms with Crippen molar-refractivity contribution in [1.29, 1.82) is 0 Å². The molecule has 1 aliphatic carbocycles. The molecule has 0 radical (unpaired) electrons. The summed E-state index contributed by atoms with van der Waals surface area (Å²) < 4.78 is 33.5. The molecule has 0 bridgehead atoms. The van der Waals surface area contributed by atoms with Crippen molar-refractivity contribution in [2.75, 3.05) is 0 Å². The van der Waals surface area contributed by atoms with Crippen LogP contribution in [0.2, 0.25) is 0 Å². The van der Waals surface area contributed by atoms with Gasteiger partial charge in [0.2, 0.25) is 10.0 Å². The molecule has 1 fully saturated rings. The highest BCUT2D eigenvalue weighted by molar-refractivity contribution is 7.89. The lowest BCUT2D eigenvalue weighted by Crippen LogP contribution is -2.38. The van der Waals surface area contributed by atoms with Crippen molar-refractivity contribution in [3.8, 4) is 0 Å². The van der Waals surface area contributed by atoms with Crippen LogP contribution in [0.3, 0.4) is 0 Å². The molecule has 7 heteroatoms. The Kier molecular flexibility index (Phi) is 4.96. The highest BCUT2D eigenvalue weighted by Crippen LogP contribution is 2.32. The van der Waals surface area contributed by atoms with E-state index < -0.39 is 16.0 Å². The summed E-state index contributed by atoms with van der Waals surface area (Å²) in [6.07, 6.45) is 5.10. The monoisotopic (exact) mass is 363 g/mol. The third kappa shape index (κ3) is 3.48. The third-order valence-electron chi connectivity index (χ3n) is 4.72. The number of rotatable bonds is 6. The van der Waals surface area contributed by atoms with E-state index in [1.54, 1.807) is 12.1 Å². The Labute approximate surface area is 147 Å². The summed E-state index contributed by atoms with van der Waals surface area (Å²) >= 11 is 0. The van der Waals surface area contributed by atoms with Gasteiger partial charge in [0.25, 0.3) is 0 Å². The Bertz CT molecular complexity index is 852. The van der Waals surface area contributed by atoms with E-state index in [1.807, 2.05) is 0 Å². The summed E-state index contributed by atoms with van der Waals surface area (Å²) in [7, 11) is -3.84. The first-order valence-electron chi connectivity index (χ1n) is 8.28. The van der Waals surface area contributed by atoms with Crippen molar-refractivity contribution in [3.05, 3.63) is 53.5 Å². The van der Waals surface area contributed by atoms with Crippen LogP contribution in [-0.2, 0) is 16.6 Å². The number of nitrogens with zero attached hydrogens (tertiary/aromatic N) is 1. The Morgan fingerprint density at radius 3 is 2.56 bits per heavy atom. The van der Waals surface area contributed by atoms with Crippen molar-refractivity contribution in [1.82, 2.24) is 4.31 Å². The van der Waals surface area contributed by atoms with E-state index in [9.17, 15) is 18.3 Å². The van der Waals surface area contributed by atoms with Gasteiger partial charge in [0.15, 0.2) is 0 Å². The lowest BCUT2D eigenvalue weighted by Gasteiger charge is -2.28. The second-order valence-electron chi connectivity index (χ2n) is 6.30. The van der Waals surface area contributed by atoms with Crippen molar-refractivity contribution < 1.29 is 22.7 Å². The molecular weight excluding hydrogens is 342 g/mol. The smallest absolute Gasteiger partial charge is 0.335 e. The Morgan fingerprint density at radius 1 is 1.24 bits per heavy atom. The molecule has 3 rings (SSSR count). The molecule has 0 unspecified atom stereocenters. The van der Waals surface area contributed by atoms with E-state index in [-0.39, 0.29) is 28.6 Å². The van der Waals surface area contributed by atoms with Gasteiger partial charge in [-0.15, -0.1) is 0 Å². The minimum Gasteiger partial charge on any atom is -0.478 e. The third-order valence-corrected chi connectivity index (χ3v) is 6.77. The van der Waals surface area contributed by atoms with Crippen LogP contribution < -0.4 is 0 Å². The van der Waals surface area contributed by atoms with Crippen LogP contribution in [0.4, 0.5) is 0 Å². The minimum absolute atomic E-state index is 0.00504. The molecule has 0 amide bonds. The normalized spacial score (nSPS) is 15.8. The lowest BCUT2D eigenvalue weighted by molar-refractivity contribution is 0.0695. The maximum Gasteiger partial charge on any atom is 0.335 e. The molecule has 0 spiro atoms. The zero-order valence-electron chi connectivity index (χ0n) is 14.0. The molecular formula is C18H21NO5S. The molecule has 1 aromatic heterocycles. The van der Waals surface area contributed by atoms with Crippen LogP contribution in [0.1, 0.15) is 47.4 Å². The van der Waals surface area contributed by atoms with Crippen molar-refractivity contribution in [2.45, 2.75) is 50.1 Å². The fourth-order valence-corrected chi connectivity index (χ4v) is 5.31. The van der Waals surface area contributed by atoms with E-state index >= 15 is 0 Å². The lowest BCUT2D eigenvalue weighted by atomic mass is 10.1. The van der Waals surface area contributed by atoms with Gasteiger partial charge in [-0.2, -0.15) is 4.31 Å². The van der Waals surface area contributed by atoms with Crippen molar-refractivity contribution >= 4 is 16.0 Å². The first-order chi connectivity index (χ1) is 11.9. The number of hydrogen-bond acceptors (Lipinski definition) is 4. The standard InChI is InChI=1S/C18H21NO5S/c1-13-16(18(20)21)9-4-10-17(13)25(22,23)19(14-6-2-3-7-14)12-15-8-5-11-24-15/h4-5,8-11,14H,2-3,6-7,12H2,1H3,(H,20,21). The molecule has 25 heavy (non-hydrogen) atoms. The SMILES string of the molecule is Cc1c(C(=O)O)cccc1S(=O)(=O)N(Cc1ccco1)C1CCCC1. The average molecular weight is 363 g/mol. The fourth-order valence-electron chi connectivity index (χ4n) is 3.41. The van der Waals surface area contributed by atoms with Gasteiger partial charge < -0.3 is 9.52 Å². The first kappa shape index (κ1) is 17.7. The number of sulfonamides is 1. The van der Waals surface area contributed by atoms with Crippen LogP contribution >= 0.6 is 0 Å². The van der Waals surface area contributed by atoms with E-state index in [4.69, 9.17) is 4.42 Å². The van der Waals surface area contributed by atoms with Crippen molar-refractivity contribution in [2.24, 2.45) is 0 Å². The van der Waals surface area contributed by atoms with E-state index in [1.165, 1.54) is 35.7 Å². The van der Waals surface area contributed by atoms with Crippen LogP contribution in [-0.4, -0.2) is 29.8 Å². The van der Waals surface area contributed by atoms with Gasteiger partial charge >= 0.3 is 5.97 Å². The Morgan fingerprint density at radius 2 is 1.96 bits per heavy atom. The Hall–Kier alpha value is -2.12. The first-order valence-corrected chi connectivity index (χ1v) is 9.72. The summed E-state index contributed by atoms with van der Waals surface area (Å²) in [6.45, 7) is 1.69. The molecule has 2 aromatic rings. The summed E-state index contributed by atoms with van der Waals surface area (Å²) in [6, 6.07) is 7.75. The van der Waals surface area contributed by atoms with Crippen LogP contribution in [0.5, 0.6) is 0 Å². The summed E-state index contributed by atoms with van der Waals surface area (Å²) in [5, 5.41) is 9.29. The highest BCUT2D eigenvalue weighted by atomic mass is 32.2. The summed E-state index contributed by atoms with van der Waals surface area (Å²) in [4.78, 5) is 11.4. The van der Waals surface area contributed by atoms with Gasteiger partial charge in [-0.1, -0.05) is 18.9 Å². The van der Waals surface area contributed by atoms with Gasteiger partial charge in [-0.25, -0.2) is 13.2 Å². The van der Waals surface area contributed by atoms with E-state index in [0.717, 1.165) is 25.7 Å². The molecule has 134 valence electrons. The predicted molar refractivity (Wildman–Crippen MR) is 91.8 cm³/mol. The molecule has 1 N–H and O–H groups in total. The Balaban J connectivity index is 2.04. The number of carboxylic acid groups (broad SMARTS) is 1. The number of benzene rings is 1. The van der Waals surface area contributed by atoms with Gasteiger partial charge in [0.05, 0.1) is 23.3 Å². The minimum atomic E-state index is -3.84. The number of carboxylic acids is 1. The van der Waals surface area contributed by atoms with Crippen LogP contribution in [0.15, 0.2) is 45.9 Å². The van der Waals surface area contributed by atoms with Crippen molar-refractivity contribution in [3.63, 3.8) is 0 Å². The summed E-state index contributed by atoms with van der Waals surface area (Å²) in [5.41, 5.74) is 0.267. The highest BCUT2D eigenvalue weighted by Gasteiger charge is 2.35. The zero-order valence-corrected chi connectivity index (χ0v) is 14.8. The predicted octanol–water partition coefficient (Wildman–Crippen LogP) is 3.42. The number of carbonyl (C=O) groups is 1. The molecule has 1 saturated carbocycles. The molecule has 1 aliphatic rings. The second-order valence-corrected chi connectivity index (χ2v) is 8.16. The fraction of sp³-hybridized carbons (Fsp3) is 0.389.